The molecule has 0 radical (unpaired) electrons. The highest BCUT2D eigenvalue weighted by atomic mass is 35.5. The Labute approximate surface area is 81.7 Å². The predicted molar refractivity (Wildman–Crippen MR) is 54.5 cm³/mol. The van der Waals surface area contributed by atoms with E-state index in [0.717, 1.165) is 21.7 Å². The van der Waals surface area contributed by atoms with Crippen LogP contribution >= 0.6 is 11.6 Å². The second-order valence-corrected chi connectivity index (χ2v) is 3.35. The highest BCUT2D eigenvalue weighted by Gasteiger charge is 2.08. The maximum Gasteiger partial charge on any atom is 0.129 e. The molecule has 1 aromatic heterocycles. The summed E-state index contributed by atoms with van der Waals surface area (Å²) < 4.78 is 7.21. The molecule has 2 nitrogen and oxygen atoms in total. The summed E-state index contributed by atoms with van der Waals surface area (Å²) >= 11 is 6.06. The quantitative estimate of drug-likeness (QED) is 0.683. The lowest BCUT2D eigenvalue weighted by atomic mass is 10.2. The third kappa shape index (κ3) is 1.18. The number of nitrogens with zero attached hydrogens (tertiary/aromatic N) is 1. The molecule has 0 fully saturated rings. The summed E-state index contributed by atoms with van der Waals surface area (Å²) in [4.78, 5) is 0. The highest BCUT2D eigenvalue weighted by molar-refractivity contribution is 6.36. The minimum atomic E-state index is 0.731. The molecule has 2 rings (SSSR count). The monoisotopic (exact) mass is 195 g/mol. The number of benzene rings is 1. The first-order chi connectivity index (χ1) is 6.24. The van der Waals surface area contributed by atoms with Gasteiger partial charge >= 0.3 is 0 Å². The summed E-state index contributed by atoms with van der Waals surface area (Å²) in [6.45, 7) is 0. The first kappa shape index (κ1) is 8.45. The van der Waals surface area contributed by atoms with Crippen molar-refractivity contribution in [3.8, 4) is 5.75 Å². The van der Waals surface area contributed by atoms with Crippen molar-refractivity contribution in [2.75, 3.05) is 7.11 Å². The van der Waals surface area contributed by atoms with Gasteiger partial charge in [0.15, 0.2) is 0 Å². The Kier molecular flexibility index (Phi) is 1.93. The standard InChI is InChI=1S/C10H10ClNO/c1-12-6-7(11)10-8(12)4-3-5-9(10)13-2/h3-6H,1-2H3. The number of methoxy groups -OCH3 is 1. The number of aromatic nitrogens is 1. The average molecular weight is 196 g/mol. The molecule has 0 spiro atoms. The van der Waals surface area contributed by atoms with Crippen molar-refractivity contribution >= 4 is 22.5 Å². The smallest absolute Gasteiger partial charge is 0.129 e. The Balaban J connectivity index is 2.88. The average Bonchev–Trinajstić information content (AvgIpc) is 2.43. The Morgan fingerprint density at radius 1 is 1.38 bits per heavy atom. The summed E-state index contributed by atoms with van der Waals surface area (Å²) in [5, 5.41) is 1.71. The number of ether oxygens (including phenoxy) is 1. The topological polar surface area (TPSA) is 14.2 Å². The van der Waals surface area contributed by atoms with Crippen LogP contribution in [0.4, 0.5) is 0 Å². The third-order valence-corrected chi connectivity index (χ3v) is 2.44. The van der Waals surface area contributed by atoms with Crippen molar-refractivity contribution in [3.05, 3.63) is 29.4 Å². The Hall–Kier alpha value is -1.15. The zero-order valence-electron chi connectivity index (χ0n) is 7.54. The first-order valence-corrected chi connectivity index (χ1v) is 4.39. The third-order valence-electron chi connectivity index (χ3n) is 2.15. The van der Waals surface area contributed by atoms with E-state index in [4.69, 9.17) is 16.3 Å². The Morgan fingerprint density at radius 3 is 2.85 bits per heavy atom. The van der Waals surface area contributed by atoms with E-state index in [2.05, 4.69) is 0 Å². The first-order valence-electron chi connectivity index (χ1n) is 4.01. The van der Waals surface area contributed by atoms with Gasteiger partial charge in [-0.05, 0) is 12.1 Å². The van der Waals surface area contributed by atoms with Crippen LogP contribution in [0.3, 0.4) is 0 Å². The fraction of sp³-hybridized carbons (Fsp3) is 0.200. The molecule has 1 heterocycles. The summed E-state index contributed by atoms with van der Waals surface area (Å²) in [5.41, 5.74) is 1.09. The number of rotatable bonds is 1. The van der Waals surface area contributed by atoms with Gasteiger partial charge in [-0.2, -0.15) is 0 Å². The number of halogens is 1. The lowest BCUT2D eigenvalue weighted by molar-refractivity contribution is 0.420. The van der Waals surface area contributed by atoms with E-state index in [-0.39, 0.29) is 0 Å². The van der Waals surface area contributed by atoms with Gasteiger partial charge < -0.3 is 9.30 Å². The van der Waals surface area contributed by atoms with Gasteiger partial charge in [0.05, 0.1) is 23.0 Å². The molecule has 3 heteroatoms. The van der Waals surface area contributed by atoms with Crippen LogP contribution in [0.2, 0.25) is 5.02 Å². The molecule has 0 bridgehead atoms. The van der Waals surface area contributed by atoms with E-state index < -0.39 is 0 Å². The predicted octanol–water partition coefficient (Wildman–Crippen LogP) is 2.84. The zero-order valence-corrected chi connectivity index (χ0v) is 8.30. The van der Waals surface area contributed by atoms with E-state index >= 15 is 0 Å². The summed E-state index contributed by atoms with van der Waals surface area (Å²) in [6.07, 6.45) is 1.88. The molecule has 68 valence electrons. The van der Waals surface area contributed by atoms with Gasteiger partial charge in [0, 0.05) is 13.2 Å². The Morgan fingerprint density at radius 2 is 2.15 bits per heavy atom. The minimum absolute atomic E-state index is 0.731. The lowest BCUT2D eigenvalue weighted by Crippen LogP contribution is -1.85. The fourth-order valence-electron chi connectivity index (χ4n) is 1.53. The van der Waals surface area contributed by atoms with Crippen molar-refractivity contribution in [3.63, 3.8) is 0 Å². The highest BCUT2D eigenvalue weighted by Crippen LogP contribution is 2.32. The number of fused-ring (bicyclic) bond motifs is 1. The molecule has 0 unspecified atom stereocenters. The van der Waals surface area contributed by atoms with Gasteiger partial charge in [0.1, 0.15) is 5.75 Å². The van der Waals surface area contributed by atoms with Crippen molar-refractivity contribution in [1.29, 1.82) is 0 Å². The molecule has 0 aliphatic carbocycles. The molecule has 13 heavy (non-hydrogen) atoms. The molecule has 0 saturated carbocycles. The maximum absolute atomic E-state index is 6.06. The van der Waals surface area contributed by atoms with Gasteiger partial charge in [-0.1, -0.05) is 17.7 Å². The van der Waals surface area contributed by atoms with E-state index in [9.17, 15) is 0 Å². The minimum Gasteiger partial charge on any atom is -0.496 e. The molecule has 0 N–H and O–H groups in total. The van der Waals surface area contributed by atoms with Crippen molar-refractivity contribution < 1.29 is 4.74 Å². The van der Waals surface area contributed by atoms with E-state index in [0.29, 0.717) is 0 Å². The lowest BCUT2D eigenvalue weighted by Gasteiger charge is -2.01. The number of hydrogen-bond acceptors (Lipinski definition) is 1. The van der Waals surface area contributed by atoms with Crippen molar-refractivity contribution in [2.45, 2.75) is 0 Å². The number of aryl methyl sites for hydroxylation is 1. The van der Waals surface area contributed by atoms with Crippen LogP contribution in [0.25, 0.3) is 10.9 Å². The largest absolute Gasteiger partial charge is 0.496 e. The molecule has 2 aromatic rings. The molecule has 0 aliphatic heterocycles. The maximum atomic E-state index is 6.06. The summed E-state index contributed by atoms with van der Waals surface area (Å²) in [6, 6.07) is 5.88. The van der Waals surface area contributed by atoms with Crippen LogP contribution < -0.4 is 4.74 Å². The second kappa shape index (κ2) is 2.96. The molecule has 1 aromatic carbocycles. The van der Waals surface area contributed by atoms with Gasteiger partial charge in [-0.15, -0.1) is 0 Å². The molecule has 0 amide bonds. The molecule has 0 atom stereocenters. The van der Waals surface area contributed by atoms with Crippen LogP contribution in [-0.2, 0) is 7.05 Å². The number of hydrogen-bond donors (Lipinski definition) is 0. The van der Waals surface area contributed by atoms with E-state index in [1.54, 1.807) is 7.11 Å². The summed E-state index contributed by atoms with van der Waals surface area (Å²) in [5.74, 6) is 0.822. The summed E-state index contributed by atoms with van der Waals surface area (Å²) in [7, 11) is 3.62. The van der Waals surface area contributed by atoms with Crippen LogP contribution in [0.1, 0.15) is 0 Å². The van der Waals surface area contributed by atoms with Crippen LogP contribution in [0.15, 0.2) is 24.4 Å². The second-order valence-electron chi connectivity index (χ2n) is 2.94. The van der Waals surface area contributed by atoms with Gasteiger partial charge in [-0.3, -0.25) is 0 Å². The van der Waals surface area contributed by atoms with Crippen LogP contribution in [0, 0.1) is 0 Å². The SMILES string of the molecule is COc1cccc2c1c(Cl)cn2C. The zero-order chi connectivity index (χ0) is 9.42. The molecular formula is C10H10ClNO. The van der Waals surface area contributed by atoms with Crippen LogP contribution in [-0.4, -0.2) is 11.7 Å². The van der Waals surface area contributed by atoms with Crippen LogP contribution in [0.5, 0.6) is 5.75 Å². The van der Waals surface area contributed by atoms with Gasteiger partial charge in [-0.25, -0.2) is 0 Å². The van der Waals surface area contributed by atoms with Gasteiger partial charge in [0.2, 0.25) is 0 Å². The van der Waals surface area contributed by atoms with Crippen molar-refractivity contribution in [2.24, 2.45) is 7.05 Å². The molecule has 0 aliphatic rings. The van der Waals surface area contributed by atoms with Crippen molar-refractivity contribution in [1.82, 2.24) is 4.57 Å². The van der Waals surface area contributed by atoms with Gasteiger partial charge in [0.25, 0.3) is 0 Å². The Bertz CT molecular complexity index is 447. The molecule has 0 saturated heterocycles. The molecular weight excluding hydrogens is 186 g/mol. The normalized spacial score (nSPS) is 10.7. The van der Waals surface area contributed by atoms with E-state index in [1.165, 1.54) is 0 Å². The van der Waals surface area contributed by atoms with E-state index in [1.807, 2.05) is 36.0 Å². The fourth-order valence-corrected chi connectivity index (χ4v) is 1.86.